The van der Waals surface area contributed by atoms with Gasteiger partial charge < -0.3 is 20.3 Å². The highest BCUT2D eigenvalue weighted by atomic mass is 16.6. The molecular weight excluding hydrogens is 456 g/mol. The maximum atomic E-state index is 13.6. The van der Waals surface area contributed by atoms with Gasteiger partial charge in [0, 0.05) is 13.0 Å². The summed E-state index contributed by atoms with van der Waals surface area (Å²) in [5.41, 5.74) is 1.60. The van der Waals surface area contributed by atoms with E-state index in [-0.39, 0.29) is 24.3 Å². The Kier molecular flexibility index (Phi) is 8.70. The molecule has 1 heterocycles. The van der Waals surface area contributed by atoms with Crippen LogP contribution in [0, 0.1) is 11.3 Å². The number of benzene rings is 2. The van der Waals surface area contributed by atoms with Crippen LogP contribution in [-0.4, -0.2) is 47.0 Å². The van der Waals surface area contributed by atoms with E-state index in [1.165, 1.54) is 0 Å². The van der Waals surface area contributed by atoms with Crippen LogP contribution >= 0.6 is 0 Å². The number of hydrogen-bond acceptors (Lipinski definition) is 5. The summed E-state index contributed by atoms with van der Waals surface area (Å²) in [6, 6.07) is 16.8. The lowest BCUT2D eigenvalue weighted by Gasteiger charge is -2.30. The number of amides is 3. The van der Waals surface area contributed by atoms with Gasteiger partial charge in [-0.2, -0.15) is 5.26 Å². The summed E-state index contributed by atoms with van der Waals surface area (Å²) in [7, 11) is 0. The summed E-state index contributed by atoms with van der Waals surface area (Å²) in [5, 5.41) is 14.7. The summed E-state index contributed by atoms with van der Waals surface area (Å²) < 4.78 is 5.39. The fourth-order valence-electron chi connectivity index (χ4n) is 4.24. The van der Waals surface area contributed by atoms with Crippen molar-refractivity contribution in [2.75, 3.05) is 6.54 Å². The summed E-state index contributed by atoms with van der Waals surface area (Å²) in [4.78, 5) is 40.9. The van der Waals surface area contributed by atoms with E-state index in [2.05, 4.69) is 16.7 Å². The van der Waals surface area contributed by atoms with Crippen LogP contribution in [0.1, 0.15) is 63.3 Å². The van der Waals surface area contributed by atoms with Crippen LogP contribution in [0.5, 0.6) is 0 Å². The van der Waals surface area contributed by atoms with Crippen molar-refractivity contribution in [2.45, 2.75) is 70.7 Å². The Morgan fingerprint density at radius 1 is 1.08 bits per heavy atom. The van der Waals surface area contributed by atoms with E-state index in [1.54, 1.807) is 37.8 Å². The summed E-state index contributed by atoms with van der Waals surface area (Å²) in [6.07, 6.45) is 0.846. The van der Waals surface area contributed by atoms with Crippen LogP contribution in [-0.2, 0) is 20.7 Å². The quantitative estimate of drug-likeness (QED) is 0.612. The number of likely N-dealkylation sites (tertiary alicyclic amines) is 1. The van der Waals surface area contributed by atoms with E-state index in [0.29, 0.717) is 24.9 Å². The second-order valence-corrected chi connectivity index (χ2v) is 10.0. The minimum Gasteiger partial charge on any atom is -0.444 e. The fourth-order valence-corrected chi connectivity index (χ4v) is 4.24. The molecule has 0 radical (unpaired) electrons. The smallest absolute Gasteiger partial charge is 0.408 e. The molecule has 1 saturated heterocycles. The van der Waals surface area contributed by atoms with Crippen LogP contribution < -0.4 is 10.6 Å². The second-order valence-electron chi connectivity index (χ2n) is 10.0. The Morgan fingerprint density at radius 3 is 2.36 bits per heavy atom. The fraction of sp³-hybridized carbons (Fsp3) is 0.429. The van der Waals surface area contributed by atoms with Gasteiger partial charge in [0.05, 0.1) is 17.7 Å². The molecule has 3 atom stereocenters. The minimum atomic E-state index is -0.869. The van der Waals surface area contributed by atoms with Crippen LogP contribution in [0.2, 0.25) is 0 Å². The van der Waals surface area contributed by atoms with E-state index in [1.807, 2.05) is 49.4 Å². The lowest BCUT2D eigenvalue weighted by Crippen LogP contribution is -2.54. The zero-order chi connectivity index (χ0) is 26.3. The standard InChI is InChI=1S/C28H34N4O4/c1-19(22-14-12-21(18-29)13-15-22)30-25(33)24-11-8-16-32(24)26(34)23(17-20-9-6-5-7-10-20)31-27(35)36-28(2,3)4/h5-7,9-10,12-15,19,23-24H,8,11,16-17H2,1-4H3,(H,30,33)(H,31,35)/t19?,23-,24+/m1/s1. The van der Waals surface area contributed by atoms with Crippen molar-refractivity contribution in [3.63, 3.8) is 0 Å². The number of hydrogen-bond donors (Lipinski definition) is 2. The molecule has 8 heteroatoms. The zero-order valence-corrected chi connectivity index (χ0v) is 21.3. The largest absolute Gasteiger partial charge is 0.444 e. The highest BCUT2D eigenvalue weighted by Crippen LogP contribution is 2.22. The minimum absolute atomic E-state index is 0.242. The van der Waals surface area contributed by atoms with Crippen molar-refractivity contribution in [3.8, 4) is 6.07 Å². The molecule has 0 aromatic heterocycles. The molecule has 0 saturated carbocycles. The van der Waals surface area contributed by atoms with Gasteiger partial charge in [-0.25, -0.2) is 4.79 Å². The van der Waals surface area contributed by atoms with Crippen molar-refractivity contribution in [1.82, 2.24) is 15.5 Å². The highest BCUT2D eigenvalue weighted by molar-refractivity contribution is 5.92. The number of carbonyl (C=O) groups is 3. The number of carbonyl (C=O) groups excluding carboxylic acids is 3. The van der Waals surface area contributed by atoms with Crippen LogP contribution in [0.3, 0.4) is 0 Å². The Labute approximate surface area is 212 Å². The number of rotatable bonds is 7. The third-order valence-corrected chi connectivity index (χ3v) is 6.01. The number of nitriles is 1. The van der Waals surface area contributed by atoms with Gasteiger partial charge in [-0.05, 0) is 63.8 Å². The SMILES string of the molecule is CC(NC(=O)[C@@H]1CCCN1C(=O)[C@@H](Cc1ccccc1)NC(=O)OC(C)(C)C)c1ccc(C#N)cc1. The van der Waals surface area contributed by atoms with Gasteiger partial charge in [-0.15, -0.1) is 0 Å². The van der Waals surface area contributed by atoms with E-state index in [0.717, 1.165) is 11.1 Å². The molecule has 2 N–H and O–H groups in total. The van der Waals surface area contributed by atoms with Crippen LogP contribution in [0.15, 0.2) is 54.6 Å². The molecule has 1 aliphatic heterocycles. The molecule has 1 unspecified atom stereocenters. The number of nitrogens with one attached hydrogen (secondary N) is 2. The Balaban J connectivity index is 1.73. The number of nitrogens with zero attached hydrogens (tertiary/aromatic N) is 2. The predicted octanol–water partition coefficient (Wildman–Crippen LogP) is 3.86. The first-order valence-electron chi connectivity index (χ1n) is 12.2. The third-order valence-electron chi connectivity index (χ3n) is 6.01. The molecule has 3 amide bonds. The van der Waals surface area contributed by atoms with Crippen LogP contribution in [0.25, 0.3) is 0 Å². The van der Waals surface area contributed by atoms with Crippen molar-refractivity contribution < 1.29 is 19.1 Å². The number of alkyl carbamates (subject to hydrolysis) is 1. The van der Waals surface area contributed by atoms with Gasteiger partial charge in [-0.1, -0.05) is 42.5 Å². The van der Waals surface area contributed by atoms with E-state index < -0.39 is 23.8 Å². The van der Waals surface area contributed by atoms with Crippen LogP contribution in [0.4, 0.5) is 4.79 Å². The van der Waals surface area contributed by atoms with E-state index in [4.69, 9.17) is 10.00 Å². The lowest BCUT2D eigenvalue weighted by atomic mass is 10.0. The average molecular weight is 491 g/mol. The van der Waals surface area contributed by atoms with Gasteiger partial charge in [0.25, 0.3) is 0 Å². The molecule has 36 heavy (non-hydrogen) atoms. The summed E-state index contributed by atoms with van der Waals surface area (Å²) in [5.74, 6) is -0.554. The monoisotopic (exact) mass is 490 g/mol. The maximum Gasteiger partial charge on any atom is 0.408 e. The molecule has 190 valence electrons. The molecule has 1 aliphatic rings. The maximum absolute atomic E-state index is 13.6. The van der Waals surface area contributed by atoms with Crippen molar-refractivity contribution in [3.05, 3.63) is 71.3 Å². The first-order valence-corrected chi connectivity index (χ1v) is 12.2. The normalized spacial score (nSPS) is 17.0. The summed E-state index contributed by atoms with van der Waals surface area (Å²) >= 11 is 0. The van der Waals surface area contributed by atoms with Crippen molar-refractivity contribution in [1.29, 1.82) is 5.26 Å². The Bertz CT molecular complexity index is 1100. The average Bonchev–Trinajstić information content (AvgIpc) is 3.33. The van der Waals surface area contributed by atoms with Gasteiger partial charge in [0.1, 0.15) is 17.7 Å². The molecule has 1 fully saturated rings. The third kappa shape index (κ3) is 7.32. The molecule has 2 aromatic rings. The van der Waals surface area contributed by atoms with Gasteiger partial charge in [-0.3, -0.25) is 9.59 Å². The van der Waals surface area contributed by atoms with Crippen molar-refractivity contribution >= 4 is 17.9 Å². The summed E-state index contributed by atoms with van der Waals surface area (Å²) in [6.45, 7) is 7.58. The van der Waals surface area contributed by atoms with Gasteiger partial charge >= 0.3 is 6.09 Å². The van der Waals surface area contributed by atoms with Gasteiger partial charge in [0.2, 0.25) is 11.8 Å². The topological polar surface area (TPSA) is 112 Å². The first kappa shape index (κ1) is 26.7. The zero-order valence-electron chi connectivity index (χ0n) is 21.3. The molecule has 0 aliphatic carbocycles. The molecule has 0 spiro atoms. The Morgan fingerprint density at radius 2 is 1.75 bits per heavy atom. The van der Waals surface area contributed by atoms with Crippen molar-refractivity contribution in [2.24, 2.45) is 0 Å². The number of ether oxygens (including phenoxy) is 1. The lowest BCUT2D eigenvalue weighted by molar-refractivity contribution is -0.140. The van der Waals surface area contributed by atoms with Gasteiger partial charge in [0.15, 0.2) is 0 Å². The predicted molar refractivity (Wildman–Crippen MR) is 136 cm³/mol. The second kappa shape index (κ2) is 11.7. The molecule has 3 rings (SSSR count). The molecular formula is C28H34N4O4. The van der Waals surface area contributed by atoms with E-state index in [9.17, 15) is 14.4 Å². The van der Waals surface area contributed by atoms with E-state index >= 15 is 0 Å². The molecule has 8 nitrogen and oxygen atoms in total. The Hall–Kier alpha value is -3.86. The molecule has 2 aromatic carbocycles. The molecule has 0 bridgehead atoms. The highest BCUT2D eigenvalue weighted by Gasteiger charge is 2.38. The first-order chi connectivity index (χ1) is 17.1.